The lowest BCUT2D eigenvalue weighted by atomic mass is 10.1. The lowest BCUT2D eigenvalue weighted by molar-refractivity contribution is -0.127. The number of nitrogens with one attached hydrogen (secondary N) is 2. The number of hydrogen-bond donors (Lipinski definition) is 2. The first-order valence-corrected chi connectivity index (χ1v) is 8.48. The molecule has 0 saturated carbocycles. The number of Topliss-reactive ketones (excluding diaryl/α,β-unsaturated/α-hetero) is 1. The van der Waals surface area contributed by atoms with Gasteiger partial charge in [-0.05, 0) is 31.2 Å². The van der Waals surface area contributed by atoms with Gasteiger partial charge in [0, 0.05) is 24.1 Å². The lowest BCUT2D eigenvalue weighted by Crippen LogP contribution is -2.42. The van der Waals surface area contributed by atoms with Crippen LogP contribution < -0.4 is 15.4 Å². The zero-order valence-corrected chi connectivity index (χ0v) is 14.8. The van der Waals surface area contributed by atoms with E-state index in [2.05, 4.69) is 10.6 Å². The van der Waals surface area contributed by atoms with Gasteiger partial charge in [-0.2, -0.15) is 0 Å². The van der Waals surface area contributed by atoms with Crippen LogP contribution in [0.2, 0.25) is 0 Å². The van der Waals surface area contributed by atoms with Crippen molar-refractivity contribution < 1.29 is 19.1 Å². The van der Waals surface area contributed by atoms with Crippen molar-refractivity contribution in [2.24, 2.45) is 0 Å². The fourth-order valence-corrected chi connectivity index (χ4v) is 2.34. The van der Waals surface area contributed by atoms with Gasteiger partial charge in [-0.1, -0.05) is 37.3 Å². The highest BCUT2D eigenvalue weighted by molar-refractivity contribution is 5.97. The van der Waals surface area contributed by atoms with Gasteiger partial charge in [0.25, 0.3) is 5.91 Å². The highest BCUT2D eigenvalue weighted by atomic mass is 16.5. The van der Waals surface area contributed by atoms with Crippen molar-refractivity contribution in [3.8, 4) is 5.75 Å². The quantitative estimate of drug-likeness (QED) is 0.748. The van der Waals surface area contributed by atoms with Crippen LogP contribution in [-0.2, 0) is 4.79 Å². The van der Waals surface area contributed by atoms with E-state index in [4.69, 9.17) is 4.74 Å². The molecule has 0 aliphatic rings. The third-order valence-electron chi connectivity index (χ3n) is 3.67. The molecule has 26 heavy (non-hydrogen) atoms. The predicted octanol–water partition coefficient (Wildman–Crippen LogP) is 3.25. The van der Waals surface area contributed by atoms with Gasteiger partial charge in [-0.3, -0.25) is 14.9 Å². The van der Waals surface area contributed by atoms with Gasteiger partial charge in [-0.15, -0.1) is 0 Å². The number of benzene rings is 2. The third-order valence-corrected chi connectivity index (χ3v) is 3.67. The third kappa shape index (κ3) is 5.17. The molecule has 2 rings (SSSR count). The van der Waals surface area contributed by atoms with E-state index < -0.39 is 18.0 Å². The van der Waals surface area contributed by atoms with Gasteiger partial charge >= 0.3 is 6.03 Å². The Morgan fingerprint density at radius 2 is 1.62 bits per heavy atom. The molecule has 0 unspecified atom stereocenters. The first-order chi connectivity index (χ1) is 12.5. The Morgan fingerprint density at radius 1 is 0.962 bits per heavy atom. The average Bonchev–Trinajstić information content (AvgIpc) is 2.66. The number of carbonyl (C=O) groups excluding carboxylic acids is 3. The molecule has 0 saturated heterocycles. The van der Waals surface area contributed by atoms with E-state index in [1.54, 1.807) is 62.4 Å². The van der Waals surface area contributed by atoms with E-state index in [0.29, 0.717) is 29.8 Å². The first-order valence-electron chi connectivity index (χ1n) is 8.48. The molecule has 2 N–H and O–H groups in total. The smallest absolute Gasteiger partial charge is 0.321 e. The van der Waals surface area contributed by atoms with E-state index >= 15 is 0 Å². The van der Waals surface area contributed by atoms with E-state index in [-0.39, 0.29) is 5.78 Å². The first kappa shape index (κ1) is 19.2. The number of carbonyl (C=O) groups is 3. The number of hydrogen-bond acceptors (Lipinski definition) is 4. The molecule has 6 nitrogen and oxygen atoms in total. The minimum Gasteiger partial charge on any atom is -0.476 e. The minimum atomic E-state index is -0.994. The SMILES string of the molecule is CCNC(=O)NC(=O)[C@H](Oc1ccc(C(=O)CC)cc1)c1ccccc1. The van der Waals surface area contributed by atoms with Crippen molar-refractivity contribution in [3.63, 3.8) is 0 Å². The maximum atomic E-state index is 12.5. The Bertz CT molecular complexity index is 757. The summed E-state index contributed by atoms with van der Waals surface area (Å²) in [5, 5.41) is 4.78. The highest BCUT2D eigenvalue weighted by Crippen LogP contribution is 2.23. The molecular formula is C20H22N2O4. The van der Waals surface area contributed by atoms with Crippen molar-refractivity contribution in [1.29, 1.82) is 0 Å². The van der Waals surface area contributed by atoms with Crippen LogP contribution >= 0.6 is 0 Å². The number of amides is 3. The van der Waals surface area contributed by atoms with Gasteiger partial charge in [0.2, 0.25) is 6.10 Å². The van der Waals surface area contributed by atoms with Crippen LogP contribution in [0.15, 0.2) is 54.6 Å². The predicted molar refractivity (Wildman–Crippen MR) is 98.1 cm³/mol. The molecule has 0 aliphatic heterocycles. The summed E-state index contributed by atoms with van der Waals surface area (Å²) < 4.78 is 5.81. The van der Waals surface area contributed by atoms with Crippen LogP contribution in [0.4, 0.5) is 4.79 Å². The maximum absolute atomic E-state index is 12.5. The topological polar surface area (TPSA) is 84.5 Å². The zero-order chi connectivity index (χ0) is 18.9. The summed E-state index contributed by atoms with van der Waals surface area (Å²) in [4.78, 5) is 35.9. The molecule has 136 valence electrons. The normalized spacial score (nSPS) is 11.3. The van der Waals surface area contributed by atoms with Gasteiger partial charge < -0.3 is 10.1 Å². The van der Waals surface area contributed by atoms with E-state index in [0.717, 1.165) is 0 Å². The van der Waals surface area contributed by atoms with Gasteiger partial charge in [0.15, 0.2) is 5.78 Å². The molecule has 0 radical (unpaired) electrons. The summed E-state index contributed by atoms with van der Waals surface area (Å²) in [6, 6.07) is 14.9. The molecule has 3 amide bonds. The molecule has 0 fully saturated rings. The van der Waals surface area contributed by atoms with Crippen molar-refractivity contribution in [3.05, 3.63) is 65.7 Å². The largest absolute Gasteiger partial charge is 0.476 e. The van der Waals surface area contributed by atoms with Crippen LogP contribution in [0.1, 0.15) is 42.3 Å². The molecule has 0 aromatic heterocycles. The van der Waals surface area contributed by atoms with Gasteiger partial charge in [-0.25, -0.2) is 4.79 Å². The van der Waals surface area contributed by atoms with E-state index in [1.165, 1.54) is 0 Å². The fraction of sp³-hybridized carbons (Fsp3) is 0.250. The molecule has 2 aromatic carbocycles. The van der Waals surface area contributed by atoms with Crippen molar-refractivity contribution in [2.75, 3.05) is 6.54 Å². The molecule has 0 bridgehead atoms. The minimum absolute atomic E-state index is 0.0325. The second kappa shape index (κ2) is 9.36. The summed E-state index contributed by atoms with van der Waals surface area (Å²) in [7, 11) is 0. The maximum Gasteiger partial charge on any atom is 0.321 e. The highest BCUT2D eigenvalue weighted by Gasteiger charge is 2.24. The van der Waals surface area contributed by atoms with Crippen LogP contribution in [0.25, 0.3) is 0 Å². The summed E-state index contributed by atoms with van der Waals surface area (Å²) in [5.74, 6) is -0.112. The van der Waals surface area contributed by atoms with E-state index in [9.17, 15) is 14.4 Å². The van der Waals surface area contributed by atoms with Crippen molar-refractivity contribution >= 4 is 17.7 Å². The average molecular weight is 354 g/mol. The van der Waals surface area contributed by atoms with Gasteiger partial charge in [0.05, 0.1) is 0 Å². The number of urea groups is 1. The van der Waals surface area contributed by atoms with Crippen molar-refractivity contribution in [2.45, 2.75) is 26.4 Å². The number of rotatable bonds is 7. The van der Waals surface area contributed by atoms with Crippen LogP contribution in [0.5, 0.6) is 5.75 Å². The van der Waals surface area contributed by atoms with Gasteiger partial charge in [0.1, 0.15) is 5.75 Å². The van der Waals surface area contributed by atoms with Crippen LogP contribution in [0.3, 0.4) is 0 Å². The Labute approximate surface area is 152 Å². The molecular weight excluding hydrogens is 332 g/mol. The second-order valence-corrected chi connectivity index (χ2v) is 5.56. The van der Waals surface area contributed by atoms with Crippen LogP contribution in [0, 0.1) is 0 Å². The molecule has 1 atom stereocenters. The Balaban J connectivity index is 2.20. The van der Waals surface area contributed by atoms with Crippen molar-refractivity contribution in [1.82, 2.24) is 10.6 Å². The fourth-order valence-electron chi connectivity index (χ4n) is 2.34. The molecule has 0 heterocycles. The lowest BCUT2D eigenvalue weighted by Gasteiger charge is -2.19. The standard InChI is InChI=1S/C20H22N2O4/c1-3-17(23)14-10-12-16(13-11-14)26-18(15-8-6-5-7-9-15)19(24)22-20(25)21-4-2/h5-13,18H,3-4H2,1-2H3,(H2,21,22,24,25)/t18-/m1/s1. The summed E-state index contributed by atoms with van der Waals surface area (Å²) >= 11 is 0. The number of ether oxygens (including phenoxy) is 1. The number of ketones is 1. The Morgan fingerprint density at radius 3 is 2.19 bits per heavy atom. The number of imide groups is 1. The second-order valence-electron chi connectivity index (χ2n) is 5.56. The Kier molecular flexibility index (Phi) is 6.91. The molecule has 6 heteroatoms. The summed E-state index contributed by atoms with van der Waals surface area (Å²) in [5.41, 5.74) is 1.20. The van der Waals surface area contributed by atoms with E-state index in [1.807, 2.05) is 6.07 Å². The summed E-state index contributed by atoms with van der Waals surface area (Å²) in [6.45, 7) is 3.96. The molecule has 0 aliphatic carbocycles. The van der Waals surface area contributed by atoms with Crippen LogP contribution in [-0.4, -0.2) is 24.3 Å². The zero-order valence-electron chi connectivity index (χ0n) is 14.8. The molecule has 0 spiro atoms. The summed E-state index contributed by atoms with van der Waals surface area (Å²) in [6.07, 6.45) is -0.576. The monoisotopic (exact) mass is 354 g/mol. The molecule has 2 aromatic rings. The Hall–Kier alpha value is -3.15.